The number of hydrogen-bond acceptors (Lipinski definition) is 5. The summed E-state index contributed by atoms with van der Waals surface area (Å²) in [7, 11) is 0. The molecule has 34 heavy (non-hydrogen) atoms. The molecule has 2 aliphatic carbocycles. The number of ether oxygens (including phenoxy) is 1. The average molecular weight is 460 g/mol. The number of carboxylic acids is 1. The Morgan fingerprint density at radius 2 is 1.62 bits per heavy atom. The predicted molar refractivity (Wildman–Crippen MR) is 122 cm³/mol. The van der Waals surface area contributed by atoms with Crippen LogP contribution in [0.1, 0.15) is 39.8 Å². The number of fused-ring (bicyclic) bond motifs is 3. The van der Waals surface area contributed by atoms with E-state index in [9.17, 15) is 14.4 Å². The first-order valence-electron chi connectivity index (χ1n) is 11.2. The molecule has 3 N–H and O–H groups in total. The quantitative estimate of drug-likeness (QED) is 0.471. The van der Waals surface area contributed by atoms with Gasteiger partial charge in [-0.1, -0.05) is 48.5 Å². The lowest BCUT2D eigenvalue weighted by atomic mass is 9.98. The number of benzene rings is 2. The summed E-state index contributed by atoms with van der Waals surface area (Å²) < 4.78 is 11.0. The Morgan fingerprint density at radius 3 is 2.26 bits per heavy atom. The molecule has 5 rings (SSSR count). The second-order valence-electron chi connectivity index (χ2n) is 8.60. The molecule has 8 heteroatoms. The van der Waals surface area contributed by atoms with Gasteiger partial charge in [-0.3, -0.25) is 9.59 Å². The largest absolute Gasteiger partial charge is 0.481 e. The van der Waals surface area contributed by atoms with Crippen molar-refractivity contribution in [2.24, 2.45) is 11.8 Å². The molecular formula is C26H24N2O6. The van der Waals surface area contributed by atoms with Crippen LogP contribution in [0.5, 0.6) is 0 Å². The van der Waals surface area contributed by atoms with Crippen molar-refractivity contribution in [2.45, 2.75) is 18.9 Å². The summed E-state index contributed by atoms with van der Waals surface area (Å²) in [5.41, 5.74) is 4.60. The summed E-state index contributed by atoms with van der Waals surface area (Å²) in [6, 6.07) is 19.4. The fourth-order valence-corrected chi connectivity index (χ4v) is 4.49. The SMILES string of the molecule is O=C(NCc1ccc(C(=O)NC[C@@H]2C[C@@H]2C(=O)O)o1)OCC1c2ccccc2-c2ccccc21. The minimum atomic E-state index is -0.834. The molecule has 2 amide bonds. The van der Waals surface area contributed by atoms with Crippen molar-refractivity contribution < 1.29 is 28.6 Å². The minimum Gasteiger partial charge on any atom is -0.481 e. The molecule has 0 saturated heterocycles. The maximum absolute atomic E-state index is 12.3. The van der Waals surface area contributed by atoms with Gasteiger partial charge >= 0.3 is 12.1 Å². The van der Waals surface area contributed by atoms with Crippen LogP contribution in [0, 0.1) is 11.8 Å². The normalized spacial score (nSPS) is 18.0. The van der Waals surface area contributed by atoms with Crippen LogP contribution < -0.4 is 10.6 Å². The van der Waals surface area contributed by atoms with Gasteiger partial charge in [0.1, 0.15) is 12.4 Å². The van der Waals surface area contributed by atoms with Crippen LogP contribution in [0.4, 0.5) is 4.79 Å². The first-order chi connectivity index (χ1) is 16.5. The highest BCUT2D eigenvalue weighted by Gasteiger charge is 2.43. The molecule has 2 aliphatic rings. The topological polar surface area (TPSA) is 118 Å². The van der Waals surface area contributed by atoms with E-state index in [0.717, 1.165) is 22.3 Å². The highest BCUT2D eigenvalue weighted by molar-refractivity contribution is 5.91. The molecule has 0 unspecified atom stereocenters. The molecule has 0 radical (unpaired) electrons. The van der Waals surface area contributed by atoms with E-state index in [2.05, 4.69) is 34.9 Å². The number of hydrogen-bond donors (Lipinski definition) is 3. The molecule has 3 aromatic rings. The Morgan fingerprint density at radius 1 is 0.941 bits per heavy atom. The van der Waals surface area contributed by atoms with Crippen molar-refractivity contribution >= 4 is 18.0 Å². The fraction of sp³-hybridized carbons (Fsp3) is 0.269. The van der Waals surface area contributed by atoms with Gasteiger partial charge in [-0.2, -0.15) is 0 Å². The number of carbonyl (C=O) groups excluding carboxylic acids is 2. The third-order valence-electron chi connectivity index (χ3n) is 6.40. The zero-order valence-corrected chi connectivity index (χ0v) is 18.3. The summed E-state index contributed by atoms with van der Waals surface area (Å²) >= 11 is 0. The summed E-state index contributed by atoms with van der Waals surface area (Å²) in [5.74, 6) is -1.17. The van der Waals surface area contributed by atoms with Crippen LogP contribution in [0.15, 0.2) is 65.1 Å². The number of furan rings is 1. The van der Waals surface area contributed by atoms with Gasteiger partial charge in [0, 0.05) is 12.5 Å². The zero-order valence-electron chi connectivity index (χ0n) is 18.3. The Hall–Kier alpha value is -4.07. The number of amides is 2. The van der Waals surface area contributed by atoms with E-state index in [-0.39, 0.29) is 36.7 Å². The Kier molecular flexibility index (Phi) is 5.79. The molecule has 1 aromatic heterocycles. The number of nitrogens with one attached hydrogen (secondary N) is 2. The van der Waals surface area contributed by atoms with Gasteiger partial charge in [0.05, 0.1) is 12.5 Å². The number of alkyl carbamates (subject to hydrolysis) is 1. The van der Waals surface area contributed by atoms with E-state index in [4.69, 9.17) is 14.3 Å². The third-order valence-corrected chi connectivity index (χ3v) is 6.40. The van der Waals surface area contributed by atoms with E-state index >= 15 is 0 Å². The molecule has 1 fully saturated rings. The number of aliphatic carboxylic acids is 1. The monoisotopic (exact) mass is 460 g/mol. The Labute approximate surface area is 195 Å². The van der Waals surface area contributed by atoms with Crippen LogP contribution in [0.3, 0.4) is 0 Å². The van der Waals surface area contributed by atoms with Gasteiger partial charge in [0.2, 0.25) is 0 Å². The standard InChI is InChI=1S/C26H24N2O6/c29-24(27-12-15-11-21(15)25(30)31)23-10-9-16(34-23)13-28-26(32)33-14-22-19-7-3-1-5-17(19)18-6-2-4-8-20(18)22/h1-10,15,21-22H,11-14H2,(H,27,29)(H,28,32)(H,30,31)/t15-,21-/m0/s1. The van der Waals surface area contributed by atoms with Gasteiger partial charge in [-0.05, 0) is 46.7 Å². The van der Waals surface area contributed by atoms with Crippen molar-refractivity contribution in [2.75, 3.05) is 13.2 Å². The molecule has 1 heterocycles. The third kappa shape index (κ3) is 4.39. The van der Waals surface area contributed by atoms with Crippen molar-refractivity contribution in [3.8, 4) is 11.1 Å². The maximum Gasteiger partial charge on any atom is 0.407 e. The smallest absolute Gasteiger partial charge is 0.407 e. The molecule has 174 valence electrons. The van der Waals surface area contributed by atoms with Crippen LogP contribution in [-0.4, -0.2) is 36.2 Å². The highest BCUT2D eigenvalue weighted by Crippen LogP contribution is 2.44. The Bertz CT molecular complexity index is 1200. The number of rotatable bonds is 8. The lowest BCUT2D eigenvalue weighted by Crippen LogP contribution is -2.26. The molecular weight excluding hydrogens is 436 g/mol. The van der Waals surface area contributed by atoms with Gasteiger partial charge in [-0.15, -0.1) is 0 Å². The second kappa shape index (κ2) is 9.05. The zero-order chi connectivity index (χ0) is 23.7. The van der Waals surface area contributed by atoms with Crippen LogP contribution in [0.25, 0.3) is 11.1 Å². The molecule has 0 spiro atoms. The first-order valence-corrected chi connectivity index (χ1v) is 11.2. The van der Waals surface area contributed by atoms with Gasteiger partial charge < -0.3 is 24.9 Å². The van der Waals surface area contributed by atoms with E-state index in [1.807, 2.05) is 24.3 Å². The molecule has 2 atom stereocenters. The average Bonchev–Trinajstić information content (AvgIpc) is 3.36. The van der Waals surface area contributed by atoms with E-state index < -0.39 is 18.0 Å². The van der Waals surface area contributed by atoms with Crippen LogP contribution >= 0.6 is 0 Å². The van der Waals surface area contributed by atoms with Crippen molar-refractivity contribution in [3.05, 3.63) is 83.3 Å². The molecule has 2 aromatic carbocycles. The van der Waals surface area contributed by atoms with Crippen molar-refractivity contribution in [1.82, 2.24) is 10.6 Å². The number of carbonyl (C=O) groups is 3. The molecule has 8 nitrogen and oxygen atoms in total. The van der Waals surface area contributed by atoms with Crippen molar-refractivity contribution in [1.29, 1.82) is 0 Å². The van der Waals surface area contributed by atoms with Crippen molar-refractivity contribution in [3.63, 3.8) is 0 Å². The van der Waals surface area contributed by atoms with Gasteiger partial charge in [0.25, 0.3) is 5.91 Å². The number of carboxylic acid groups (broad SMARTS) is 1. The summed E-state index contributed by atoms with van der Waals surface area (Å²) in [5, 5.41) is 14.3. The fourth-order valence-electron chi connectivity index (χ4n) is 4.49. The molecule has 0 aliphatic heterocycles. The first kappa shape index (κ1) is 21.8. The van der Waals surface area contributed by atoms with E-state index in [1.54, 1.807) is 6.07 Å². The summed E-state index contributed by atoms with van der Waals surface area (Å²) in [4.78, 5) is 35.4. The van der Waals surface area contributed by atoms with Gasteiger partial charge in [-0.25, -0.2) is 4.79 Å². The maximum atomic E-state index is 12.3. The summed E-state index contributed by atoms with van der Waals surface area (Å²) in [6.45, 7) is 0.585. The predicted octanol–water partition coefficient (Wildman–Crippen LogP) is 3.77. The van der Waals surface area contributed by atoms with Gasteiger partial charge in [0.15, 0.2) is 5.76 Å². The highest BCUT2D eigenvalue weighted by atomic mass is 16.5. The molecule has 1 saturated carbocycles. The summed E-state index contributed by atoms with van der Waals surface area (Å²) in [6.07, 6.45) is 0.000931. The lowest BCUT2D eigenvalue weighted by Gasteiger charge is -2.14. The second-order valence-corrected chi connectivity index (χ2v) is 8.60. The lowest BCUT2D eigenvalue weighted by molar-refractivity contribution is -0.138. The van der Waals surface area contributed by atoms with Crippen LogP contribution in [-0.2, 0) is 16.1 Å². The minimum absolute atomic E-state index is 0.0238. The van der Waals surface area contributed by atoms with Crippen LogP contribution in [0.2, 0.25) is 0 Å². The van der Waals surface area contributed by atoms with E-state index in [0.29, 0.717) is 18.7 Å². The Balaban J connectivity index is 1.11. The van der Waals surface area contributed by atoms with E-state index in [1.165, 1.54) is 6.07 Å². The molecule has 0 bridgehead atoms.